The van der Waals surface area contributed by atoms with Crippen LogP contribution in [0.15, 0.2) is 30.5 Å². The van der Waals surface area contributed by atoms with E-state index in [4.69, 9.17) is 0 Å². The molecule has 0 unspecified atom stereocenters. The van der Waals surface area contributed by atoms with Crippen LogP contribution in [0.3, 0.4) is 0 Å². The van der Waals surface area contributed by atoms with E-state index in [9.17, 15) is 18.0 Å². The van der Waals surface area contributed by atoms with Crippen LogP contribution in [0, 0.1) is 0 Å². The molecule has 0 fully saturated rings. The molecule has 18 heavy (non-hydrogen) atoms. The molecule has 1 aromatic heterocycles. The van der Waals surface area contributed by atoms with Gasteiger partial charge in [0, 0.05) is 17.1 Å². The molecular formula is C12H11F3N2O. The topological polar surface area (TPSA) is 44.9 Å². The normalized spacial score (nSPS) is 11.7. The van der Waals surface area contributed by atoms with Gasteiger partial charge in [-0.15, -0.1) is 0 Å². The standard InChI is InChI=1S/C12H11F3N2O/c13-12(14,15)7-17-11(18)5-8-6-16-10-4-2-1-3-9(8)10/h1-4,6,16H,5,7H2,(H,17,18). The van der Waals surface area contributed by atoms with Crippen molar-refractivity contribution in [2.24, 2.45) is 0 Å². The highest BCUT2D eigenvalue weighted by Crippen LogP contribution is 2.18. The van der Waals surface area contributed by atoms with Crippen molar-refractivity contribution < 1.29 is 18.0 Å². The minimum Gasteiger partial charge on any atom is -0.361 e. The summed E-state index contributed by atoms with van der Waals surface area (Å²) >= 11 is 0. The Bertz CT molecular complexity index is 560. The molecule has 1 amide bonds. The number of nitrogens with one attached hydrogen (secondary N) is 2. The van der Waals surface area contributed by atoms with E-state index in [0.717, 1.165) is 10.9 Å². The van der Waals surface area contributed by atoms with Gasteiger partial charge in [-0.25, -0.2) is 0 Å². The minimum atomic E-state index is -4.38. The van der Waals surface area contributed by atoms with Gasteiger partial charge in [0.25, 0.3) is 0 Å². The van der Waals surface area contributed by atoms with Crippen LogP contribution >= 0.6 is 0 Å². The monoisotopic (exact) mass is 256 g/mol. The smallest absolute Gasteiger partial charge is 0.361 e. The first-order valence-electron chi connectivity index (χ1n) is 5.34. The highest BCUT2D eigenvalue weighted by molar-refractivity contribution is 5.88. The van der Waals surface area contributed by atoms with Gasteiger partial charge in [-0.05, 0) is 11.6 Å². The lowest BCUT2D eigenvalue weighted by molar-refractivity contribution is -0.138. The van der Waals surface area contributed by atoms with Crippen LogP contribution in [-0.4, -0.2) is 23.6 Å². The number of amides is 1. The number of carbonyl (C=O) groups is 1. The van der Waals surface area contributed by atoms with Crippen LogP contribution in [0.25, 0.3) is 10.9 Å². The molecule has 0 atom stereocenters. The summed E-state index contributed by atoms with van der Waals surface area (Å²) in [4.78, 5) is 14.3. The largest absolute Gasteiger partial charge is 0.405 e. The number of aromatic amines is 1. The lowest BCUT2D eigenvalue weighted by Crippen LogP contribution is -2.34. The van der Waals surface area contributed by atoms with Crippen molar-refractivity contribution in [3.05, 3.63) is 36.0 Å². The summed E-state index contributed by atoms with van der Waals surface area (Å²) in [5.74, 6) is -0.642. The number of H-pyrrole nitrogens is 1. The predicted molar refractivity (Wildman–Crippen MR) is 61.1 cm³/mol. The van der Waals surface area contributed by atoms with Gasteiger partial charge in [0.2, 0.25) is 5.91 Å². The maximum atomic E-state index is 11.9. The number of para-hydroxylation sites is 1. The van der Waals surface area contributed by atoms with E-state index in [1.54, 1.807) is 6.20 Å². The van der Waals surface area contributed by atoms with Crippen LogP contribution < -0.4 is 5.32 Å². The van der Waals surface area contributed by atoms with Gasteiger partial charge in [-0.3, -0.25) is 4.79 Å². The van der Waals surface area contributed by atoms with Crippen molar-refractivity contribution in [3.8, 4) is 0 Å². The highest BCUT2D eigenvalue weighted by Gasteiger charge is 2.27. The minimum absolute atomic E-state index is 0.0694. The van der Waals surface area contributed by atoms with Crippen LogP contribution in [-0.2, 0) is 11.2 Å². The SMILES string of the molecule is O=C(Cc1c[nH]c2ccccc12)NCC(F)(F)F. The molecule has 0 spiro atoms. The Morgan fingerprint density at radius 3 is 2.72 bits per heavy atom. The average Bonchev–Trinajstić information content (AvgIpc) is 2.70. The molecule has 2 aromatic rings. The fourth-order valence-electron chi connectivity index (χ4n) is 1.71. The summed E-state index contributed by atoms with van der Waals surface area (Å²) in [7, 11) is 0. The zero-order valence-corrected chi connectivity index (χ0v) is 9.34. The Hall–Kier alpha value is -1.98. The number of hydrogen-bond acceptors (Lipinski definition) is 1. The van der Waals surface area contributed by atoms with Gasteiger partial charge in [0.15, 0.2) is 0 Å². The number of fused-ring (bicyclic) bond motifs is 1. The lowest BCUT2D eigenvalue weighted by atomic mass is 10.1. The summed E-state index contributed by atoms with van der Waals surface area (Å²) < 4.78 is 35.8. The number of halogens is 3. The fourth-order valence-corrected chi connectivity index (χ4v) is 1.71. The van der Waals surface area contributed by atoms with Crippen molar-refractivity contribution in [2.75, 3.05) is 6.54 Å². The van der Waals surface area contributed by atoms with E-state index >= 15 is 0 Å². The first-order valence-corrected chi connectivity index (χ1v) is 5.34. The Balaban J connectivity index is 2.03. The van der Waals surface area contributed by atoms with Crippen molar-refractivity contribution >= 4 is 16.8 Å². The maximum absolute atomic E-state index is 11.9. The molecule has 1 aromatic carbocycles. The molecule has 0 bridgehead atoms. The molecule has 1 heterocycles. The van der Waals surface area contributed by atoms with E-state index in [0.29, 0.717) is 5.56 Å². The molecule has 2 N–H and O–H groups in total. The molecule has 0 saturated carbocycles. The summed E-state index contributed by atoms with van der Waals surface area (Å²) in [5, 5.41) is 2.69. The van der Waals surface area contributed by atoms with E-state index in [-0.39, 0.29) is 6.42 Å². The molecule has 96 valence electrons. The zero-order chi connectivity index (χ0) is 13.2. The number of carbonyl (C=O) groups excluding carboxylic acids is 1. The Kier molecular flexibility index (Phi) is 3.27. The second kappa shape index (κ2) is 4.72. The Morgan fingerprint density at radius 2 is 2.00 bits per heavy atom. The first kappa shape index (κ1) is 12.5. The zero-order valence-electron chi connectivity index (χ0n) is 9.34. The van der Waals surface area contributed by atoms with E-state index in [1.807, 2.05) is 29.6 Å². The van der Waals surface area contributed by atoms with Crippen LogP contribution in [0.2, 0.25) is 0 Å². The van der Waals surface area contributed by atoms with Crippen LogP contribution in [0.4, 0.5) is 13.2 Å². The molecule has 6 heteroatoms. The second-order valence-corrected chi connectivity index (χ2v) is 3.93. The number of hydrogen-bond donors (Lipinski definition) is 2. The van der Waals surface area contributed by atoms with Gasteiger partial charge >= 0.3 is 6.18 Å². The van der Waals surface area contributed by atoms with Gasteiger partial charge < -0.3 is 10.3 Å². The van der Waals surface area contributed by atoms with Crippen LogP contribution in [0.5, 0.6) is 0 Å². The van der Waals surface area contributed by atoms with Crippen molar-refractivity contribution in [3.63, 3.8) is 0 Å². The quantitative estimate of drug-likeness (QED) is 0.870. The fraction of sp³-hybridized carbons (Fsp3) is 0.250. The molecule has 2 rings (SSSR count). The molecule has 0 aliphatic heterocycles. The van der Waals surface area contributed by atoms with E-state index in [2.05, 4.69) is 4.98 Å². The number of aromatic nitrogens is 1. The van der Waals surface area contributed by atoms with Crippen molar-refractivity contribution in [1.29, 1.82) is 0 Å². The maximum Gasteiger partial charge on any atom is 0.405 e. The predicted octanol–water partition coefficient (Wildman–Crippen LogP) is 2.39. The van der Waals surface area contributed by atoms with Crippen molar-refractivity contribution in [1.82, 2.24) is 10.3 Å². The Labute approximate surface area is 101 Å². The summed E-state index contributed by atoms with van der Waals surface area (Å²) in [6.45, 7) is -1.30. The highest BCUT2D eigenvalue weighted by atomic mass is 19.4. The molecule has 3 nitrogen and oxygen atoms in total. The van der Waals surface area contributed by atoms with E-state index in [1.165, 1.54) is 0 Å². The molecule has 0 saturated heterocycles. The third-order valence-electron chi connectivity index (χ3n) is 2.51. The summed E-state index contributed by atoms with van der Waals surface area (Å²) in [6, 6.07) is 7.31. The molecular weight excluding hydrogens is 245 g/mol. The number of benzene rings is 1. The number of alkyl halides is 3. The Morgan fingerprint density at radius 1 is 1.28 bits per heavy atom. The second-order valence-electron chi connectivity index (χ2n) is 3.93. The van der Waals surface area contributed by atoms with Gasteiger partial charge in [0.1, 0.15) is 6.54 Å². The van der Waals surface area contributed by atoms with Gasteiger partial charge in [-0.1, -0.05) is 18.2 Å². The number of rotatable bonds is 3. The van der Waals surface area contributed by atoms with E-state index < -0.39 is 18.6 Å². The summed E-state index contributed by atoms with van der Waals surface area (Å²) in [5.41, 5.74) is 1.54. The molecule has 0 radical (unpaired) electrons. The van der Waals surface area contributed by atoms with Crippen molar-refractivity contribution in [2.45, 2.75) is 12.6 Å². The third kappa shape index (κ3) is 3.03. The average molecular weight is 256 g/mol. The van der Waals surface area contributed by atoms with Gasteiger partial charge in [-0.2, -0.15) is 13.2 Å². The lowest BCUT2D eigenvalue weighted by Gasteiger charge is -2.07. The summed E-state index contributed by atoms with van der Waals surface area (Å²) in [6.07, 6.45) is -2.81. The first-order chi connectivity index (χ1) is 8.46. The molecule has 0 aliphatic rings. The van der Waals surface area contributed by atoms with Crippen LogP contribution in [0.1, 0.15) is 5.56 Å². The molecule has 0 aliphatic carbocycles. The third-order valence-corrected chi connectivity index (χ3v) is 2.51. The van der Waals surface area contributed by atoms with Gasteiger partial charge in [0.05, 0.1) is 6.42 Å².